The summed E-state index contributed by atoms with van der Waals surface area (Å²) in [6.07, 6.45) is 3.99. The third kappa shape index (κ3) is 3.86. The Morgan fingerprint density at radius 1 is 0.970 bits per heavy atom. The van der Waals surface area contributed by atoms with E-state index >= 15 is 0 Å². The van der Waals surface area contributed by atoms with Gasteiger partial charge in [-0.15, -0.1) is 0 Å². The molecule has 0 spiro atoms. The highest BCUT2D eigenvalue weighted by Crippen LogP contribution is 2.46. The van der Waals surface area contributed by atoms with Crippen molar-refractivity contribution in [2.45, 2.75) is 17.7 Å². The number of rotatable bonds is 3. The fourth-order valence-corrected chi connectivity index (χ4v) is 5.57. The average Bonchev–Trinajstić information content (AvgIpc) is 2.84. The van der Waals surface area contributed by atoms with Crippen LogP contribution in [0.5, 0.6) is 0 Å². The molecule has 3 atom stereocenters. The number of aliphatic hydroxyl groups is 1. The monoisotopic (exact) mass is 561 g/mol. The lowest BCUT2D eigenvalue weighted by Gasteiger charge is -2.45. The molecule has 2 N–H and O–H groups in total. The number of nitriles is 1. The van der Waals surface area contributed by atoms with Crippen LogP contribution in [0.3, 0.4) is 0 Å². The van der Waals surface area contributed by atoms with Crippen molar-refractivity contribution in [3.8, 4) is 6.07 Å². The fourth-order valence-electron chi connectivity index (χ4n) is 4.67. The molecule has 0 radical (unpaired) electrons. The molecule has 1 aliphatic rings. The quantitative estimate of drug-likeness (QED) is 0.215. The Kier molecular flexibility index (Phi) is 5.79. The lowest BCUT2D eigenvalue weighted by molar-refractivity contribution is -0.742. The largest absolute Gasteiger partial charge is 0.762 e. The summed E-state index contributed by atoms with van der Waals surface area (Å²) < 4.78 is 3.06. The predicted octanol–water partition coefficient (Wildman–Crippen LogP) is 4.79. The van der Waals surface area contributed by atoms with Crippen LogP contribution in [-0.2, 0) is 18.4 Å². The summed E-state index contributed by atoms with van der Waals surface area (Å²) in [5.41, 5.74) is 0.531. The fraction of sp³-hybridized carbons (Fsp3) is 0.111. The summed E-state index contributed by atoms with van der Waals surface area (Å²) in [4.78, 5) is 0. The van der Waals surface area contributed by atoms with Gasteiger partial charge in [-0.05, 0) is 51.7 Å². The van der Waals surface area contributed by atoms with Crippen LogP contribution in [0.1, 0.15) is 23.1 Å². The van der Waals surface area contributed by atoms with Crippen LogP contribution in [0.2, 0.25) is 0 Å². The van der Waals surface area contributed by atoms with Gasteiger partial charge in [0.2, 0.25) is 11.8 Å². The molecule has 1 aliphatic heterocycles. The molecule has 0 bridgehead atoms. The molecule has 1 aromatic heterocycles. The van der Waals surface area contributed by atoms with E-state index in [-0.39, 0.29) is 5.03 Å². The predicted molar refractivity (Wildman–Crippen MR) is 139 cm³/mol. The summed E-state index contributed by atoms with van der Waals surface area (Å²) in [5, 5.41) is 27.9. The van der Waals surface area contributed by atoms with Crippen molar-refractivity contribution < 1.29 is 9.67 Å². The van der Waals surface area contributed by atoms with Crippen LogP contribution in [-0.4, -0.2) is 5.11 Å². The molecular formula is C27H20IN3OS. The van der Waals surface area contributed by atoms with Gasteiger partial charge in [-0.3, -0.25) is 0 Å². The maximum absolute atomic E-state index is 12.3. The lowest BCUT2D eigenvalue weighted by atomic mass is 9.75. The minimum Gasteiger partial charge on any atom is -0.762 e. The second kappa shape index (κ2) is 8.75. The first kappa shape index (κ1) is 21.8. The maximum Gasteiger partial charge on any atom is 0.225 e. The molecular weight excluding hydrogens is 541 g/mol. The van der Waals surface area contributed by atoms with E-state index in [0.29, 0.717) is 11.1 Å². The highest BCUT2D eigenvalue weighted by Gasteiger charge is 2.54. The van der Waals surface area contributed by atoms with Gasteiger partial charge in [-0.2, -0.15) is 9.83 Å². The summed E-state index contributed by atoms with van der Waals surface area (Å²) in [7, 11) is 0. The van der Waals surface area contributed by atoms with E-state index in [2.05, 4.69) is 46.1 Å². The number of nitrogens with one attached hydrogen (secondary N) is 1. The number of aromatic nitrogens is 1. The molecule has 0 aliphatic carbocycles. The van der Waals surface area contributed by atoms with Gasteiger partial charge in [-0.1, -0.05) is 65.7 Å². The first-order chi connectivity index (χ1) is 16.0. The number of hydrogen-bond donors (Lipinski definition) is 2. The van der Waals surface area contributed by atoms with Crippen molar-refractivity contribution in [1.82, 2.24) is 5.32 Å². The number of hydrogen-bond acceptors (Lipinski definition) is 4. The van der Waals surface area contributed by atoms with Gasteiger partial charge in [0.1, 0.15) is 0 Å². The molecule has 0 saturated heterocycles. The molecule has 162 valence electrons. The Bertz CT molecular complexity index is 1420. The second-order valence-electron chi connectivity index (χ2n) is 8.11. The third-order valence-corrected chi connectivity index (χ3v) is 7.17. The standard InChI is InChI=1S/C27H20IN3OS/c28-22-12-6-9-19(15-22)24-23(16-29)26(33)30-27(32,21-10-2-1-3-11-21)25(24)31-14-13-18-7-4-5-8-20(18)17-31/h1-15,17,24-25,30,32H. The molecule has 4 nitrogen and oxygen atoms in total. The van der Waals surface area contributed by atoms with Crippen molar-refractivity contribution >= 4 is 46.0 Å². The van der Waals surface area contributed by atoms with Gasteiger partial charge in [0.05, 0.1) is 12.0 Å². The summed E-state index contributed by atoms with van der Waals surface area (Å²) >= 11 is 7.89. The van der Waals surface area contributed by atoms with E-state index in [9.17, 15) is 10.4 Å². The topological polar surface area (TPSA) is 59.9 Å². The number of benzene rings is 3. The van der Waals surface area contributed by atoms with Gasteiger partial charge < -0.3 is 23.1 Å². The number of nitrogens with zero attached hydrogens (tertiary/aromatic N) is 2. The highest BCUT2D eigenvalue weighted by molar-refractivity contribution is 14.1. The Hall–Kier alpha value is -2.99. The van der Waals surface area contributed by atoms with Crippen molar-refractivity contribution in [3.05, 3.63) is 123 Å². The number of fused-ring (bicyclic) bond motifs is 1. The highest BCUT2D eigenvalue weighted by atomic mass is 127. The number of allylic oxidation sites excluding steroid dienone is 1. The molecule has 6 heteroatoms. The molecule has 3 aromatic carbocycles. The Morgan fingerprint density at radius 3 is 2.42 bits per heavy atom. The lowest BCUT2D eigenvalue weighted by Crippen LogP contribution is -2.62. The minimum atomic E-state index is -1.53. The molecule has 33 heavy (non-hydrogen) atoms. The van der Waals surface area contributed by atoms with E-state index in [1.165, 1.54) is 0 Å². The van der Waals surface area contributed by atoms with Crippen LogP contribution >= 0.6 is 22.6 Å². The van der Waals surface area contributed by atoms with Crippen molar-refractivity contribution in [2.24, 2.45) is 0 Å². The molecule has 5 rings (SSSR count). The average molecular weight is 561 g/mol. The first-order valence-corrected chi connectivity index (χ1v) is 12.0. The normalized spacial score (nSPS) is 22.6. The smallest absolute Gasteiger partial charge is 0.225 e. The van der Waals surface area contributed by atoms with Gasteiger partial charge in [0, 0.05) is 26.2 Å². The van der Waals surface area contributed by atoms with E-state index in [0.717, 1.165) is 19.9 Å². The van der Waals surface area contributed by atoms with Crippen molar-refractivity contribution in [1.29, 1.82) is 5.26 Å². The molecule has 0 amide bonds. The molecule has 0 fully saturated rings. The molecule has 0 saturated carbocycles. The molecule has 3 unspecified atom stereocenters. The zero-order valence-electron chi connectivity index (χ0n) is 17.5. The zero-order valence-corrected chi connectivity index (χ0v) is 20.5. The minimum absolute atomic E-state index is 0.269. The van der Waals surface area contributed by atoms with Gasteiger partial charge in [0.15, 0.2) is 12.4 Å². The van der Waals surface area contributed by atoms with E-state index in [4.69, 9.17) is 12.6 Å². The summed E-state index contributed by atoms with van der Waals surface area (Å²) in [6, 6.07) is 29.4. The molecule has 4 aromatic rings. The van der Waals surface area contributed by atoms with Crippen LogP contribution in [0.4, 0.5) is 0 Å². The van der Waals surface area contributed by atoms with Crippen molar-refractivity contribution in [2.75, 3.05) is 0 Å². The number of pyridine rings is 1. The van der Waals surface area contributed by atoms with Gasteiger partial charge in [0.25, 0.3) is 0 Å². The molecule has 2 heterocycles. The Morgan fingerprint density at radius 2 is 1.70 bits per heavy atom. The maximum atomic E-state index is 12.3. The van der Waals surface area contributed by atoms with Crippen LogP contribution in [0.25, 0.3) is 10.8 Å². The van der Waals surface area contributed by atoms with E-state index in [1.54, 1.807) is 0 Å². The van der Waals surface area contributed by atoms with E-state index < -0.39 is 17.7 Å². The van der Waals surface area contributed by atoms with Crippen LogP contribution < -0.4 is 9.88 Å². The van der Waals surface area contributed by atoms with Gasteiger partial charge >= 0.3 is 0 Å². The summed E-state index contributed by atoms with van der Waals surface area (Å²) in [5.74, 6) is -0.449. The summed E-state index contributed by atoms with van der Waals surface area (Å²) in [6.45, 7) is 0. The van der Waals surface area contributed by atoms with E-state index in [1.807, 2.05) is 89.8 Å². The van der Waals surface area contributed by atoms with Crippen LogP contribution in [0, 0.1) is 14.9 Å². The third-order valence-electron chi connectivity index (χ3n) is 6.18. The van der Waals surface area contributed by atoms with Crippen LogP contribution in [0.15, 0.2) is 108 Å². The Labute approximate surface area is 211 Å². The second-order valence-corrected chi connectivity index (χ2v) is 9.76. The van der Waals surface area contributed by atoms with Gasteiger partial charge in [-0.25, -0.2) is 0 Å². The van der Waals surface area contributed by atoms with Crippen molar-refractivity contribution in [3.63, 3.8) is 0 Å². The zero-order chi connectivity index (χ0) is 23.0. The SMILES string of the molecule is N#CC1=C([S-])NC(O)(c2ccccc2)C([n+]2ccc3ccccc3c2)C1c1cccc(I)c1. The number of halogens is 1. The Balaban J connectivity index is 1.81. The first-order valence-electron chi connectivity index (χ1n) is 10.5.